The van der Waals surface area contributed by atoms with Crippen molar-refractivity contribution >= 4 is 10.0 Å². The molecule has 0 bridgehead atoms. The van der Waals surface area contributed by atoms with Gasteiger partial charge in [0, 0.05) is 26.2 Å². The van der Waals surface area contributed by atoms with Crippen molar-refractivity contribution < 1.29 is 13.2 Å². The zero-order valence-electron chi connectivity index (χ0n) is 16.1. The zero-order valence-corrected chi connectivity index (χ0v) is 16.9. The molecule has 6 heteroatoms. The Morgan fingerprint density at radius 1 is 0.963 bits per heavy atom. The van der Waals surface area contributed by atoms with Crippen LogP contribution in [0.2, 0.25) is 0 Å². The van der Waals surface area contributed by atoms with Gasteiger partial charge in [-0.15, -0.1) is 0 Å². The molecule has 1 saturated heterocycles. The molecular weight excluding hydrogens is 360 g/mol. The van der Waals surface area contributed by atoms with E-state index in [4.69, 9.17) is 4.74 Å². The van der Waals surface area contributed by atoms with E-state index in [1.807, 2.05) is 37.3 Å². The van der Waals surface area contributed by atoms with Crippen molar-refractivity contribution in [1.82, 2.24) is 9.21 Å². The van der Waals surface area contributed by atoms with Crippen LogP contribution in [-0.4, -0.2) is 57.5 Å². The third-order valence-corrected chi connectivity index (χ3v) is 7.21. The number of ether oxygens (including phenoxy) is 1. The minimum Gasteiger partial charge on any atom is -0.496 e. The van der Waals surface area contributed by atoms with Crippen LogP contribution < -0.4 is 4.74 Å². The van der Waals surface area contributed by atoms with E-state index in [0.29, 0.717) is 18.0 Å². The van der Waals surface area contributed by atoms with Crippen molar-refractivity contribution in [3.05, 3.63) is 59.7 Å². The van der Waals surface area contributed by atoms with Gasteiger partial charge < -0.3 is 9.64 Å². The molecular formula is C21H28N2O3S. The molecule has 0 radical (unpaired) electrons. The number of piperazine rings is 1. The first-order valence-corrected chi connectivity index (χ1v) is 10.9. The standard InChI is InChI=1S/C21H28N2O3S/c1-18-8-3-6-12-21(18)27(24,25)23-16-14-22(15-17-23)13-7-10-19-9-4-5-11-20(19)26-2/h3-6,8-9,11-12H,7,10,13-17H2,1-2H3. The molecule has 27 heavy (non-hydrogen) atoms. The van der Waals surface area contributed by atoms with Gasteiger partial charge in [0.05, 0.1) is 12.0 Å². The van der Waals surface area contributed by atoms with E-state index in [2.05, 4.69) is 11.0 Å². The Morgan fingerprint density at radius 3 is 2.33 bits per heavy atom. The van der Waals surface area contributed by atoms with Crippen LogP contribution in [0.5, 0.6) is 5.75 Å². The Kier molecular flexibility index (Phi) is 6.52. The van der Waals surface area contributed by atoms with Gasteiger partial charge in [-0.2, -0.15) is 4.31 Å². The van der Waals surface area contributed by atoms with Crippen LogP contribution in [0, 0.1) is 6.92 Å². The minimum absolute atomic E-state index is 0.426. The molecule has 0 atom stereocenters. The normalized spacial score (nSPS) is 16.4. The molecule has 5 nitrogen and oxygen atoms in total. The van der Waals surface area contributed by atoms with Crippen LogP contribution in [0.1, 0.15) is 17.5 Å². The summed E-state index contributed by atoms with van der Waals surface area (Å²) < 4.78 is 32.8. The fourth-order valence-corrected chi connectivity index (χ4v) is 5.23. The van der Waals surface area contributed by atoms with Crippen LogP contribution >= 0.6 is 0 Å². The van der Waals surface area contributed by atoms with Crippen LogP contribution in [0.4, 0.5) is 0 Å². The van der Waals surface area contributed by atoms with Crippen molar-refractivity contribution in [1.29, 1.82) is 0 Å². The molecule has 1 heterocycles. The maximum Gasteiger partial charge on any atom is 0.243 e. The van der Waals surface area contributed by atoms with E-state index in [-0.39, 0.29) is 0 Å². The van der Waals surface area contributed by atoms with Crippen LogP contribution in [0.3, 0.4) is 0 Å². The summed E-state index contributed by atoms with van der Waals surface area (Å²) in [5, 5.41) is 0. The molecule has 2 aromatic rings. The van der Waals surface area contributed by atoms with Crippen molar-refractivity contribution in [2.75, 3.05) is 39.8 Å². The lowest BCUT2D eigenvalue weighted by molar-refractivity contribution is 0.186. The van der Waals surface area contributed by atoms with Gasteiger partial charge in [-0.05, 0) is 49.6 Å². The first-order valence-electron chi connectivity index (χ1n) is 9.42. The van der Waals surface area contributed by atoms with Gasteiger partial charge in [-0.25, -0.2) is 8.42 Å². The van der Waals surface area contributed by atoms with Crippen molar-refractivity contribution in [2.45, 2.75) is 24.7 Å². The molecule has 1 fully saturated rings. The Bertz CT molecular complexity index is 859. The number of para-hydroxylation sites is 1. The molecule has 146 valence electrons. The van der Waals surface area contributed by atoms with Crippen molar-refractivity contribution in [2.24, 2.45) is 0 Å². The van der Waals surface area contributed by atoms with Crippen LogP contribution in [-0.2, 0) is 16.4 Å². The fourth-order valence-electron chi connectivity index (χ4n) is 3.58. The SMILES string of the molecule is COc1ccccc1CCCN1CCN(S(=O)(=O)c2ccccc2C)CC1. The predicted molar refractivity (Wildman–Crippen MR) is 108 cm³/mol. The van der Waals surface area contributed by atoms with Crippen molar-refractivity contribution in [3.63, 3.8) is 0 Å². The summed E-state index contributed by atoms with van der Waals surface area (Å²) in [5.74, 6) is 0.937. The predicted octanol–water partition coefficient (Wildman–Crippen LogP) is 2.94. The van der Waals surface area contributed by atoms with E-state index in [1.165, 1.54) is 5.56 Å². The summed E-state index contributed by atoms with van der Waals surface area (Å²) in [4.78, 5) is 2.77. The summed E-state index contributed by atoms with van der Waals surface area (Å²) in [7, 11) is -1.70. The second-order valence-electron chi connectivity index (χ2n) is 6.93. The number of aryl methyl sites for hydroxylation is 2. The van der Waals surface area contributed by atoms with Gasteiger partial charge in [0.1, 0.15) is 5.75 Å². The number of sulfonamides is 1. The number of hydrogen-bond donors (Lipinski definition) is 0. The smallest absolute Gasteiger partial charge is 0.243 e. The summed E-state index contributed by atoms with van der Waals surface area (Å²) in [6, 6.07) is 15.3. The number of hydrogen-bond acceptors (Lipinski definition) is 4. The minimum atomic E-state index is -3.40. The number of methoxy groups -OCH3 is 1. The quantitative estimate of drug-likeness (QED) is 0.732. The Balaban J connectivity index is 1.51. The molecule has 0 N–H and O–H groups in total. The van der Waals surface area contributed by atoms with E-state index < -0.39 is 10.0 Å². The monoisotopic (exact) mass is 388 g/mol. The molecule has 1 aliphatic rings. The zero-order chi connectivity index (χ0) is 19.3. The second-order valence-corrected chi connectivity index (χ2v) is 8.83. The van der Waals surface area contributed by atoms with Gasteiger partial charge >= 0.3 is 0 Å². The maximum atomic E-state index is 12.9. The highest BCUT2D eigenvalue weighted by atomic mass is 32.2. The van der Waals surface area contributed by atoms with Crippen molar-refractivity contribution in [3.8, 4) is 5.75 Å². The van der Waals surface area contributed by atoms with Gasteiger partial charge in [-0.3, -0.25) is 0 Å². The van der Waals surface area contributed by atoms with E-state index in [9.17, 15) is 8.42 Å². The fraction of sp³-hybridized carbons (Fsp3) is 0.429. The highest BCUT2D eigenvalue weighted by Crippen LogP contribution is 2.22. The average molecular weight is 389 g/mol. The number of rotatable bonds is 7. The van der Waals surface area contributed by atoms with Gasteiger partial charge in [0.15, 0.2) is 0 Å². The van der Waals surface area contributed by atoms with E-state index in [1.54, 1.807) is 23.5 Å². The summed E-state index contributed by atoms with van der Waals surface area (Å²) in [6.45, 7) is 5.46. The average Bonchev–Trinajstić information content (AvgIpc) is 2.69. The highest BCUT2D eigenvalue weighted by Gasteiger charge is 2.29. The first-order chi connectivity index (χ1) is 13.0. The van der Waals surface area contributed by atoms with E-state index >= 15 is 0 Å². The second kappa shape index (κ2) is 8.87. The highest BCUT2D eigenvalue weighted by molar-refractivity contribution is 7.89. The first kappa shape index (κ1) is 19.9. The number of benzene rings is 2. The molecule has 0 spiro atoms. The maximum absolute atomic E-state index is 12.9. The molecule has 0 aliphatic carbocycles. The van der Waals surface area contributed by atoms with Gasteiger partial charge in [0.25, 0.3) is 0 Å². The largest absolute Gasteiger partial charge is 0.496 e. The lowest BCUT2D eigenvalue weighted by Gasteiger charge is -2.34. The summed E-state index contributed by atoms with van der Waals surface area (Å²) in [5.41, 5.74) is 2.03. The van der Waals surface area contributed by atoms with E-state index in [0.717, 1.165) is 43.8 Å². The lowest BCUT2D eigenvalue weighted by atomic mass is 10.1. The molecule has 0 saturated carbocycles. The Labute approximate surface area is 162 Å². The molecule has 0 unspecified atom stereocenters. The third kappa shape index (κ3) is 4.69. The third-order valence-electron chi connectivity index (χ3n) is 5.16. The number of nitrogens with zero attached hydrogens (tertiary/aromatic N) is 2. The lowest BCUT2D eigenvalue weighted by Crippen LogP contribution is -2.48. The summed E-state index contributed by atoms with van der Waals surface area (Å²) in [6.07, 6.45) is 2.00. The van der Waals surface area contributed by atoms with Gasteiger partial charge in [-0.1, -0.05) is 36.4 Å². The summed E-state index contributed by atoms with van der Waals surface area (Å²) >= 11 is 0. The molecule has 1 aliphatic heterocycles. The molecule has 3 rings (SSSR count). The Hall–Kier alpha value is -1.89. The van der Waals surface area contributed by atoms with Crippen LogP contribution in [0.15, 0.2) is 53.4 Å². The topological polar surface area (TPSA) is 49.9 Å². The van der Waals surface area contributed by atoms with Gasteiger partial charge in [0.2, 0.25) is 10.0 Å². The van der Waals surface area contributed by atoms with Crippen LogP contribution in [0.25, 0.3) is 0 Å². The Morgan fingerprint density at radius 2 is 1.63 bits per heavy atom. The molecule has 0 amide bonds. The molecule has 2 aromatic carbocycles. The molecule has 0 aromatic heterocycles.